The van der Waals surface area contributed by atoms with Crippen LogP contribution in [-0.2, 0) is 11.2 Å². The number of thioether (sulfide) groups is 1. The van der Waals surface area contributed by atoms with Gasteiger partial charge >= 0.3 is 11.9 Å². The largest absolute Gasteiger partial charge is 0.478 e. The van der Waals surface area contributed by atoms with E-state index in [1.54, 1.807) is 29.2 Å². The Hall–Kier alpha value is -3.73. The first kappa shape index (κ1) is 19.6. The Morgan fingerprint density at radius 2 is 1.70 bits per heavy atom. The molecule has 3 aromatic rings. The molecule has 11 heteroatoms. The van der Waals surface area contributed by atoms with Gasteiger partial charge in [0.2, 0.25) is 11.1 Å². The second-order valence-electron chi connectivity index (χ2n) is 6.46. The molecule has 1 aliphatic heterocycles. The fraction of sp³-hybridized carbons (Fsp3) is 0.158. The van der Waals surface area contributed by atoms with Gasteiger partial charge in [-0.1, -0.05) is 11.8 Å². The van der Waals surface area contributed by atoms with Gasteiger partial charge in [-0.2, -0.15) is 4.68 Å². The Kier molecular flexibility index (Phi) is 5.19. The van der Waals surface area contributed by atoms with Crippen molar-refractivity contribution in [2.24, 2.45) is 0 Å². The highest BCUT2D eigenvalue weighted by molar-refractivity contribution is 7.99. The number of rotatable bonds is 6. The maximum atomic E-state index is 12.7. The number of nitrogens with zero attached hydrogens (tertiary/aromatic N) is 5. The van der Waals surface area contributed by atoms with Crippen molar-refractivity contribution in [2.45, 2.75) is 11.6 Å². The van der Waals surface area contributed by atoms with Crippen LogP contribution in [0, 0.1) is 0 Å². The first-order valence-electron chi connectivity index (χ1n) is 8.85. The van der Waals surface area contributed by atoms with Gasteiger partial charge in [0.05, 0.1) is 22.6 Å². The molecule has 0 fully saturated rings. The predicted molar refractivity (Wildman–Crippen MR) is 106 cm³/mol. The summed E-state index contributed by atoms with van der Waals surface area (Å²) in [6, 6.07) is 10.8. The number of carbonyl (C=O) groups excluding carboxylic acids is 1. The standard InChI is InChI=1S/C19H15N5O5S/c25-16(23-8-7-12-9-13(18(28)29)3-6-15(12)23)10-30-19-20-21-22-24(19)14-4-1-11(2-5-14)17(26)27/h1-6,9H,7-8,10H2,(H,26,27)(H,28,29). The summed E-state index contributed by atoms with van der Waals surface area (Å²) in [4.78, 5) is 36.5. The SMILES string of the molecule is O=C(O)c1ccc(-n2nnnc2SCC(=O)N2CCc3cc(C(=O)O)ccc32)cc1. The fourth-order valence-electron chi connectivity index (χ4n) is 3.17. The summed E-state index contributed by atoms with van der Waals surface area (Å²) in [5, 5.41) is 30.0. The maximum Gasteiger partial charge on any atom is 0.335 e. The Balaban J connectivity index is 1.46. The molecule has 2 aromatic carbocycles. The number of benzene rings is 2. The smallest absolute Gasteiger partial charge is 0.335 e. The van der Waals surface area contributed by atoms with Gasteiger partial charge < -0.3 is 15.1 Å². The average Bonchev–Trinajstić information content (AvgIpc) is 3.38. The minimum atomic E-state index is -1.03. The molecule has 2 heterocycles. The molecular weight excluding hydrogens is 410 g/mol. The van der Waals surface area contributed by atoms with Gasteiger partial charge in [0.1, 0.15) is 0 Å². The zero-order valence-corrected chi connectivity index (χ0v) is 16.2. The molecule has 152 valence electrons. The van der Waals surface area contributed by atoms with Crippen LogP contribution in [-0.4, -0.2) is 60.6 Å². The predicted octanol–water partition coefficient (Wildman–Crippen LogP) is 1.74. The number of carboxylic acids is 2. The quantitative estimate of drug-likeness (QED) is 0.565. The fourth-order valence-corrected chi connectivity index (χ4v) is 3.94. The van der Waals surface area contributed by atoms with Crippen LogP contribution in [0.4, 0.5) is 5.69 Å². The third kappa shape index (κ3) is 3.74. The summed E-state index contributed by atoms with van der Waals surface area (Å²) >= 11 is 1.16. The summed E-state index contributed by atoms with van der Waals surface area (Å²) in [7, 11) is 0. The Bertz CT molecular complexity index is 1140. The summed E-state index contributed by atoms with van der Waals surface area (Å²) in [5.74, 6) is -2.08. The van der Waals surface area contributed by atoms with E-state index in [0.717, 1.165) is 23.0 Å². The number of carbonyl (C=O) groups is 3. The van der Waals surface area contributed by atoms with Crippen LogP contribution in [0.25, 0.3) is 5.69 Å². The lowest BCUT2D eigenvalue weighted by molar-refractivity contribution is -0.116. The van der Waals surface area contributed by atoms with E-state index in [-0.39, 0.29) is 22.8 Å². The lowest BCUT2D eigenvalue weighted by Crippen LogP contribution is -2.30. The Morgan fingerprint density at radius 3 is 2.40 bits per heavy atom. The third-order valence-corrected chi connectivity index (χ3v) is 5.55. The second-order valence-corrected chi connectivity index (χ2v) is 7.40. The first-order chi connectivity index (χ1) is 14.4. The molecule has 4 rings (SSSR count). The van der Waals surface area contributed by atoms with Crippen molar-refractivity contribution in [1.82, 2.24) is 20.2 Å². The molecule has 0 radical (unpaired) electrons. The highest BCUT2D eigenvalue weighted by atomic mass is 32.2. The highest BCUT2D eigenvalue weighted by Crippen LogP contribution is 2.30. The van der Waals surface area contributed by atoms with Gasteiger partial charge in [-0.3, -0.25) is 4.79 Å². The normalized spacial score (nSPS) is 12.6. The number of amides is 1. The van der Waals surface area contributed by atoms with Gasteiger partial charge in [-0.05, 0) is 64.9 Å². The molecule has 0 spiro atoms. The number of aromatic nitrogens is 4. The number of hydrogen-bond donors (Lipinski definition) is 2. The summed E-state index contributed by atoms with van der Waals surface area (Å²) in [5.41, 5.74) is 2.47. The molecule has 0 saturated carbocycles. The number of anilines is 1. The molecule has 1 aromatic heterocycles. The monoisotopic (exact) mass is 425 g/mol. The van der Waals surface area contributed by atoms with Crippen LogP contribution >= 0.6 is 11.8 Å². The van der Waals surface area contributed by atoms with Gasteiger partial charge in [-0.15, -0.1) is 5.10 Å². The molecule has 1 amide bonds. The van der Waals surface area contributed by atoms with Gasteiger partial charge in [0, 0.05) is 12.2 Å². The summed E-state index contributed by atoms with van der Waals surface area (Å²) in [6.07, 6.45) is 0.598. The molecule has 10 nitrogen and oxygen atoms in total. The van der Waals surface area contributed by atoms with E-state index in [2.05, 4.69) is 15.5 Å². The van der Waals surface area contributed by atoms with E-state index in [0.29, 0.717) is 23.8 Å². The third-order valence-electron chi connectivity index (χ3n) is 4.65. The van der Waals surface area contributed by atoms with Crippen molar-refractivity contribution in [3.05, 3.63) is 59.2 Å². The summed E-state index contributed by atoms with van der Waals surface area (Å²) in [6.45, 7) is 0.486. The first-order valence-corrected chi connectivity index (χ1v) is 9.84. The molecule has 0 unspecified atom stereocenters. The van der Waals surface area contributed by atoms with Crippen molar-refractivity contribution in [2.75, 3.05) is 17.2 Å². The minimum Gasteiger partial charge on any atom is -0.478 e. The van der Waals surface area contributed by atoms with Crippen LogP contribution in [0.5, 0.6) is 0 Å². The van der Waals surface area contributed by atoms with Crippen molar-refractivity contribution >= 4 is 35.3 Å². The van der Waals surface area contributed by atoms with Gasteiger partial charge in [0.15, 0.2) is 0 Å². The lowest BCUT2D eigenvalue weighted by Gasteiger charge is -2.17. The van der Waals surface area contributed by atoms with E-state index in [4.69, 9.17) is 10.2 Å². The van der Waals surface area contributed by atoms with Crippen molar-refractivity contribution in [3.63, 3.8) is 0 Å². The van der Waals surface area contributed by atoms with Crippen LogP contribution in [0.15, 0.2) is 47.6 Å². The molecule has 0 aliphatic carbocycles. The van der Waals surface area contributed by atoms with E-state index >= 15 is 0 Å². The van der Waals surface area contributed by atoms with Crippen molar-refractivity contribution in [3.8, 4) is 5.69 Å². The van der Waals surface area contributed by atoms with Crippen LogP contribution < -0.4 is 4.90 Å². The zero-order chi connectivity index (χ0) is 21.3. The Morgan fingerprint density at radius 1 is 1.00 bits per heavy atom. The summed E-state index contributed by atoms with van der Waals surface area (Å²) < 4.78 is 1.43. The molecular formula is C19H15N5O5S. The van der Waals surface area contributed by atoms with Crippen molar-refractivity contribution in [1.29, 1.82) is 0 Å². The van der Waals surface area contributed by atoms with E-state index < -0.39 is 11.9 Å². The number of fused-ring (bicyclic) bond motifs is 1. The zero-order valence-electron chi connectivity index (χ0n) is 15.4. The van der Waals surface area contributed by atoms with E-state index in [1.165, 1.54) is 22.9 Å². The topological polar surface area (TPSA) is 139 Å². The van der Waals surface area contributed by atoms with Gasteiger partial charge in [-0.25, -0.2) is 9.59 Å². The maximum absolute atomic E-state index is 12.7. The van der Waals surface area contributed by atoms with Crippen molar-refractivity contribution < 1.29 is 24.6 Å². The molecule has 0 bridgehead atoms. The van der Waals surface area contributed by atoms with E-state index in [1.807, 2.05) is 0 Å². The average molecular weight is 425 g/mol. The lowest BCUT2D eigenvalue weighted by atomic mass is 10.1. The molecule has 0 saturated heterocycles. The molecule has 0 atom stereocenters. The molecule has 30 heavy (non-hydrogen) atoms. The van der Waals surface area contributed by atoms with Crippen LogP contribution in [0.1, 0.15) is 26.3 Å². The van der Waals surface area contributed by atoms with Gasteiger partial charge in [0.25, 0.3) is 0 Å². The van der Waals surface area contributed by atoms with Crippen LogP contribution in [0.2, 0.25) is 0 Å². The molecule has 2 N–H and O–H groups in total. The number of tetrazole rings is 1. The molecule has 1 aliphatic rings. The number of carboxylic acid groups (broad SMARTS) is 2. The second kappa shape index (κ2) is 7.95. The highest BCUT2D eigenvalue weighted by Gasteiger charge is 2.26. The Labute approximate surface area is 174 Å². The minimum absolute atomic E-state index is 0.0910. The number of aromatic carboxylic acids is 2. The van der Waals surface area contributed by atoms with Crippen LogP contribution in [0.3, 0.4) is 0 Å². The number of hydrogen-bond acceptors (Lipinski definition) is 7. The van der Waals surface area contributed by atoms with E-state index in [9.17, 15) is 14.4 Å².